The number of aliphatic imine (C=N–C) groups is 1. The molecule has 2 aliphatic rings. The highest BCUT2D eigenvalue weighted by Crippen LogP contribution is 2.34. The predicted octanol–water partition coefficient (Wildman–Crippen LogP) is 2.25. The van der Waals surface area contributed by atoms with Crippen molar-refractivity contribution in [1.82, 2.24) is 15.1 Å². The minimum Gasteiger partial charge on any atom is -0.355 e. The first-order valence-electron chi connectivity index (χ1n) is 7.55. The zero-order valence-corrected chi connectivity index (χ0v) is 16.0. The third-order valence-electron chi connectivity index (χ3n) is 4.49. The Balaban J connectivity index is 0.00000200. The Morgan fingerprint density at radius 3 is 2.45 bits per heavy atom. The highest BCUT2D eigenvalue weighted by Gasteiger charge is 2.34. The minimum absolute atomic E-state index is 0. The second kappa shape index (κ2) is 7.29. The molecule has 5 heteroatoms. The van der Waals surface area contributed by atoms with E-state index in [0.717, 1.165) is 31.5 Å². The lowest BCUT2D eigenvalue weighted by molar-refractivity contribution is 0.261. The highest BCUT2D eigenvalue weighted by molar-refractivity contribution is 14.0. The van der Waals surface area contributed by atoms with Crippen LogP contribution in [-0.4, -0.2) is 62.6 Å². The Bertz CT molecular complexity index is 335. The number of nitrogens with zero attached hydrogens (tertiary/aromatic N) is 3. The van der Waals surface area contributed by atoms with Gasteiger partial charge in [0, 0.05) is 32.7 Å². The number of nitrogens with one attached hydrogen (secondary N) is 1. The molecule has 2 rings (SSSR count). The zero-order chi connectivity index (χ0) is 14.0. The van der Waals surface area contributed by atoms with E-state index in [1.165, 1.54) is 19.3 Å². The molecule has 0 amide bonds. The lowest BCUT2D eigenvalue weighted by atomic mass is 9.93. The van der Waals surface area contributed by atoms with Crippen LogP contribution in [-0.2, 0) is 0 Å². The first kappa shape index (κ1) is 18.0. The molecule has 4 nitrogen and oxygen atoms in total. The molecule has 0 bridgehead atoms. The van der Waals surface area contributed by atoms with Gasteiger partial charge in [0.25, 0.3) is 0 Å². The second-order valence-corrected chi connectivity index (χ2v) is 7.13. The number of likely N-dealkylation sites (tertiary alicyclic amines) is 1. The molecular weight excluding hydrogens is 363 g/mol. The summed E-state index contributed by atoms with van der Waals surface area (Å²) in [5.41, 5.74) is 0.426. The van der Waals surface area contributed by atoms with Gasteiger partial charge in [-0.25, -0.2) is 0 Å². The maximum Gasteiger partial charge on any atom is 0.193 e. The molecule has 0 aromatic heterocycles. The van der Waals surface area contributed by atoms with E-state index in [4.69, 9.17) is 0 Å². The fourth-order valence-electron chi connectivity index (χ4n) is 3.07. The molecule has 1 heterocycles. The summed E-state index contributed by atoms with van der Waals surface area (Å²) in [5, 5.41) is 3.59. The van der Waals surface area contributed by atoms with Crippen LogP contribution in [0, 0.1) is 11.3 Å². The van der Waals surface area contributed by atoms with Crippen molar-refractivity contribution in [2.24, 2.45) is 16.3 Å². The van der Waals surface area contributed by atoms with E-state index in [1.54, 1.807) is 0 Å². The average Bonchev–Trinajstić information content (AvgIpc) is 3.09. The Kier molecular flexibility index (Phi) is 6.57. The van der Waals surface area contributed by atoms with Gasteiger partial charge in [0.2, 0.25) is 0 Å². The summed E-state index contributed by atoms with van der Waals surface area (Å²) in [7, 11) is 6.27. The summed E-state index contributed by atoms with van der Waals surface area (Å²) in [4.78, 5) is 9.22. The maximum atomic E-state index is 4.46. The Morgan fingerprint density at radius 1 is 1.40 bits per heavy atom. The van der Waals surface area contributed by atoms with E-state index in [2.05, 4.69) is 48.1 Å². The number of hydrogen-bond donors (Lipinski definition) is 1. The van der Waals surface area contributed by atoms with E-state index in [-0.39, 0.29) is 24.0 Å². The summed E-state index contributed by atoms with van der Waals surface area (Å²) in [6, 6.07) is 0.646. The monoisotopic (exact) mass is 394 g/mol. The lowest BCUT2D eigenvalue weighted by Gasteiger charge is -2.28. The molecule has 0 radical (unpaired) electrons. The maximum absolute atomic E-state index is 4.46. The molecule has 1 unspecified atom stereocenters. The van der Waals surface area contributed by atoms with Gasteiger partial charge in [0.05, 0.1) is 0 Å². The van der Waals surface area contributed by atoms with Crippen LogP contribution in [0.25, 0.3) is 0 Å². The van der Waals surface area contributed by atoms with Crippen LogP contribution in [0.5, 0.6) is 0 Å². The average molecular weight is 394 g/mol. The standard InChI is InChI=1S/C15H30N4.HI/c1-15(2)8-9-19(11-15)14(16-3)17-10-13(18(4)5)12-6-7-12;/h12-13H,6-11H2,1-5H3,(H,16,17);1H. The van der Waals surface area contributed by atoms with Gasteiger partial charge in [0.15, 0.2) is 5.96 Å². The van der Waals surface area contributed by atoms with Crippen LogP contribution in [0.2, 0.25) is 0 Å². The molecule has 0 spiro atoms. The quantitative estimate of drug-likeness (QED) is 0.451. The van der Waals surface area contributed by atoms with Crippen molar-refractivity contribution in [1.29, 1.82) is 0 Å². The third-order valence-corrected chi connectivity index (χ3v) is 4.49. The minimum atomic E-state index is 0. The predicted molar refractivity (Wildman–Crippen MR) is 96.9 cm³/mol. The first-order chi connectivity index (χ1) is 8.93. The summed E-state index contributed by atoms with van der Waals surface area (Å²) in [6.07, 6.45) is 4.03. The van der Waals surface area contributed by atoms with Gasteiger partial charge in [-0.3, -0.25) is 4.99 Å². The fraction of sp³-hybridized carbons (Fsp3) is 0.933. The summed E-state index contributed by atoms with van der Waals surface area (Å²) >= 11 is 0. The largest absolute Gasteiger partial charge is 0.355 e. The number of hydrogen-bond acceptors (Lipinski definition) is 2. The second-order valence-electron chi connectivity index (χ2n) is 7.13. The van der Waals surface area contributed by atoms with Crippen LogP contribution < -0.4 is 5.32 Å². The van der Waals surface area contributed by atoms with Crippen molar-refractivity contribution in [3.05, 3.63) is 0 Å². The van der Waals surface area contributed by atoms with Gasteiger partial charge >= 0.3 is 0 Å². The van der Waals surface area contributed by atoms with Crippen LogP contribution >= 0.6 is 24.0 Å². The summed E-state index contributed by atoms with van der Waals surface area (Å²) < 4.78 is 0. The highest BCUT2D eigenvalue weighted by atomic mass is 127. The van der Waals surface area contributed by atoms with Gasteiger partial charge in [0.1, 0.15) is 0 Å². The molecule has 20 heavy (non-hydrogen) atoms. The van der Waals surface area contributed by atoms with Gasteiger partial charge in [-0.2, -0.15) is 0 Å². The van der Waals surface area contributed by atoms with Gasteiger partial charge in [-0.1, -0.05) is 13.8 Å². The van der Waals surface area contributed by atoms with Crippen LogP contribution in [0.15, 0.2) is 4.99 Å². The molecule has 1 saturated carbocycles. The third kappa shape index (κ3) is 4.76. The smallest absolute Gasteiger partial charge is 0.193 e. The van der Waals surface area contributed by atoms with Crippen LogP contribution in [0.4, 0.5) is 0 Å². The SMILES string of the molecule is CN=C(NCC(C1CC1)N(C)C)N1CCC(C)(C)C1.I. The zero-order valence-electron chi connectivity index (χ0n) is 13.6. The molecule has 1 aliphatic heterocycles. The van der Waals surface area contributed by atoms with Crippen molar-refractivity contribution in [2.45, 2.75) is 39.2 Å². The van der Waals surface area contributed by atoms with Crippen molar-refractivity contribution < 1.29 is 0 Å². The normalized spacial score (nSPS) is 23.7. The first-order valence-corrected chi connectivity index (χ1v) is 7.55. The number of rotatable bonds is 4. The number of likely N-dealkylation sites (N-methyl/N-ethyl adjacent to an activating group) is 1. The van der Waals surface area contributed by atoms with Crippen molar-refractivity contribution in [3.63, 3.8) is 0 Å². The van der Waals surface area contributed by atoms with Gasteiger partial charge < -0.3 is 15.1 Å². The van der Waals surface area contributed by atoms with Gasteiger partial charge in [-0.15, -0.1) is 24.0 Å². The summed E-state index contributed by atoms with van der Waals surface area (Å²) in [5.74, 6) is 1.97. The number of halogens is 1. The molecule has 1 aliphatic carbocycles. The van der Waals surface area contributed by atoms with Crippen molar-refractivity contribution >= 4 is 29.9 Å². The molecule has 1 atom stereocenters. The molecule has 0 aromatic rings. The topological polar surface area (TPSA) is 30.9 Å². The molecule has 1 N–H and O–H groups in total. The molecular formula is C15H31IN4. The molecule has 0 aromatic carbocycles. The van der Waals surface area contributed by atoms with E-state index in [1.807, 2.05) is 7.05 Å². The Morgan fingerprint density at radius 2 is 2.05 bits per heavy atom. The van der Waals surface area contributed by atoms with E-state index < -0.39 is 0 Å². The lowest BCUT2D eigenvalue weighted by Crippen LogP contribution is -2.47. The molecule has 118 valence electrons. The Labute approximate surface area is 141 Å². The number of guanidine groups is 1. The van der Waals surface area contributed by atoms with E-state index in [9.17, 15) is 0 Å². The molecule has 2 fully saturated rings. The summed E-state index contributed by atoms with van der Waals surface area (Å²) in [6.45, 7) is 7.94. The van der Waals surface area contributed by atoms with Crippen molar-refractivity contribution in [2.75, 3.05) is 40.8 Å². The fourth-order valence-corrected chi connectivity index (χ4v) is 3.07. The van der Waals surface area contributed by atoms with Crippen LogP contribution in [0.1, 0.15) is 33.1 Å². The van der Waals surface area contributed by atoms with E-state index >= 15 is 0 Å². The van der Waals surface area contributed by atoms with Gasteiger partial charge in [-0.05, 0) is 44.7 Å². The van der Waals surface area contributed by atoms with Crippen molar-refractivity contribution in [3.8, 4) is 0 Å². The van der Waals surface area contributed by atoms with E-state index in [0.29, 0.717) is 11.5 Å². The Hall–Kier alpha value is -0.0400. The molecule has 1 saturated heterocycles. The van der Waals surface area contributed by atoms with Crippen LogP contribution in [0.3, 0.4) is 0 Å².